The molecular formula is C45H27N3S2. The Hall–Kier alpha value is -6.01. The normalized spacial score (nSPS) is 11.6. The summed E-state index contributed by atoms with van der Waals surface area (Å²) >= 11 is 3.69. The molecule has 7 aromatic carbocycles. The van der Waals surface area contributed by atoms with E-state index in [0.717, 1.165) is 27.8 Å². The van der Waals surface area contributed by atoms with Gasteiger partial charge in [0.15, 0.2) is 17.5 Å². The van der Waals surface area contributed by atoms with Crippen molar-refractivity contribution in [1.82, 2.24) is 15.0 Å². The topological polar surface area (TPSA) is 38.7 Å². The third kappa shape index (κ3) is 4.90. The van der Waals surface area contributed by atoms with Crippen LogP contribution in [0.3, 0.4) is 0 Å². The summed E-state index contributed by atoms with van der Waals surface area (Å²) in [6.07, 6.45) is 0. The highest BCUT2D eigenvalue weighted by Gasteiger charge is 2.19. The first-order chi connectivity index (χ1) is 24.8. The van der Waals surface area contributed by atoms with E-state index in [1.807, 2.05) is 59.1 Å². The maximum absolute atomic E-state index is 5.16. The fourth-order valence-electron chi connectivity index (χ4n) is 6.94. The van der Waals surface area contributed by atoms with Gasteiger partial charge in [-0.2, -0.15) is 0 Å². The zero-order chi connectivity index (χ0) is 33.0. The Labute approximate surface area is 296 Å². The number of aromatic nitrogens is 3. The molecule has 3 aromatic heterocycles. The van der Waals surface area contributed by atoms with Gasteiger partial charge in [-0.3, -0.25) is 0 Å². The standard InChI is InChI=1S/C45H27N3S2/c1-3-12-28(13-4-1)43-46-44(29-14-5-2-6-15-29)48-45(47-43)36-24-22-30(31-23-25-41-38(27-31)33-17-8-9-20-39(33)49-41)26-37(36)35-19-11-18-34-32-16-7-10-21-40(32)50-42(34)35/h1-27H. The fraction of sp³-hybridized carbons (Fsp3) is 0. The lowest BCUT2D eigenvalue weighted by molar-refractivity contribution is 1.07. The molecule has 0 aliphatic heterocycles. The zero-order valence-corrected chi connectivity index (χ0v) is 28.4. The van der Waals surface area contributed by atoms with Crippen molar-refractivity contribution in [1.29, 1.82) is 0 Å². The quantitative estimate of drug-likeness (QED) is 0.182. The Morgan fingerprint density at radius 1 is 0.300 bits per heavy atom. The van der Waals surface area contributed by atoms with Gasteiger partial charge in [-0.15, -0.1) is 22.7 Å². The Morgan fingerprint density at radius 3 is 1.56 bits per heavy atom. The van der Waals surface area contributed by atoms with Gasteiger partial charge < -0.3 is 0 Å². The third-order valence-corrected chi connectivity index (χ3v) is 11.7. The number of hydrogen-bond donors (Lipinski definition) is 0. The van der Waals surface area contributed by atoms with Gasteiger partial charge in [0, 0.05) is 62.6 Å². The SMILES string of the molecule is c1ccc(-c2nc(-c3ccccc3)nc(-c3ccc(-c4ccc5sc6ccccc6c5c4)cc3-c3cccc4c3sc3ccccc34)n2)cc1. The van der Waals surface area contributed by atoms with Crippen molar-refractivity contribution in [3.8, 4) is 56.4 Å². The van der Waals surface area contributed by atoms with E-state index in [2.05, 4.69) is 127 Å². The van der Waals surface area contributed by atoms with Crippen molar-refractivity contribution in [2.45, 2.75) is 0 Å². The average Bonchev–Trinajstić information content (AvgIpc) is 3.76. The maximum Gasteiger partial charge on any atom is 0.164 e. The molecule has 0 unspecified atom stereocenters. The van der Waals surface area contributed by atoms with Crippen LogP contribution in [0.15, 0.2) is 164 Å². The van der Waals surface area contributed by atoms with Gasteiger partial charge in [0.2, 0.25) is 0 Å². The second kappa shape index (κ2) is 11.8. The number of nitrogens with zero attached hydrogens (tertiary/aromatic N) is 3. The van der Waals surface area contributed by atoms with Crippen LogP contribution in [0.25, 0.3) is 96.8 Å². The van der Waals surface area contributed by atoms with Crippen LogP contribution in [0.2, 0.25) is 0 Å². The minimum absolute atomic E-state index is 0.650. The van der Waals surface area contributed by atoms with E-state index < -0.39 is 0 Å². The summed E-state index contributed by atoms with van der Waals surface area (Å²) in [4.78, 5) is 15.3. The van der Waals surface area contributed by atoms with E-state index in [9.17, 15) is 0 Å². The highest BCUT2D eigenvalue weighted by atomic mass is 32.1. The monoisotopic (exact) mass is 673 g/mol. The minimum atomic E-state index is 0.650. The lowest BCUT2D eigenvalue weighted by Gasteiger charge is -2.15. The van der Waals surface area contributed by atoms with Gasteiger partial charge in [0.05, 0.1) is 0 Å². The summed E-state index contributed by atoms with van der Waals surface area (Å²) in [6, 6.07) is 58.0. The second-order valence-corrected chi connectivity index (χ2v) is 14.5. The van der Waals surface area contributed by atoms with Gasteiger partial charge in [0.25, 0.3) is 0 Å². The molecule has 0 atom stereocenters. The fourth-order valence-corrected chi connectivity index (χ4v) is 9.25. The highest BCUT2D eigenvalue weighted by molar-refractivity contribution is 7.26. The van der Waals surface area contributed by atoms with Crippen molar-refractivity contribution in [2.24, 2.45) is 0 Å². The molecule has 0 N–H and O–H groups in total. The number of hydrogen-bond acceptors (Lipinski definition) is 5. The van der Waals surface area contributed by atoms with Crippen LogP contribution in [0, 0.1) is 0 Å². The summed E-state index contributed by atoms with van der Waals surface area (Å²) in [5.41, 5.74) is 7.48. The summed E-state index contributed by atoms with van der Waals surface area (Å²) in [5.74, 6) is 1.95. The second-order valence-electron chi connectivity index (χ2n) is 12.4. The molecule has 0 saturated heterocycles. The molecule has 234 valence electrons. The molecule has 10 aromatic rings. The summed E-state index contributed by atoms with van der Waals surface area (Å²) in [7, 11) is 0. The van der Waals surface area contributed by atoms with Crippen LogP contribution in [0.4, 0.5) is 0 Å². The van der Waals surface area contributed by atoms with E-state index in [4.69, 9.17) is 15.0 Å². The highest BCUT2D eigenvalue weighted by Crippen LogP contribution is 2.44. The average molecular weight is 674 g/mol. The van der Waals surface area contributed by atoms with Gasteiger partial charge in [-0.05, 0) is 53.1 Å². The third-order valence-electron chi connectivity index (χ3n) is 9.36. The maximum atomic E-state index is 5.16. The van der Waals surface area contributed by atoms with E-state index in [-0.39, 0.29) is 0 Å². The molecule has 0 amide bonds. The first kappa shape index (κ1) is 29.0. The minimum Gasteiger partial charge on any atom is -0.208 e. The molecule has 5 heteroatoms. The van der Waals surface area contributed by atoms with E-state index in [0.29, 0.717) is 17.5 Å². The Balaban J connectivity index is 1.24. The molecule has 0 spiro atoms. The first-order valence-corrected chi connectivity index (χ1v) is 18.2. The first-order valence-electron chi connectivity index (χ1n) is 16.6. The molecule has 0 saturated carbocycles. The van der Waals surface area contributed by atoms with Crippen molar-refractivity contribution < 1.29 is 0 Å². The van der Waals surface area contributed by atoms with Gasteiger partial charge >= 0.3 is 0 Å². The summed E-state index contributed by atoms with van der Waals surface area (Å²) in [5, 5.41) is 5.13. The van der Waals surface area contributed by atoms with Crippen LogP contribution < -0.4 is 0 Å². The Kier molecular flexibility index (Phi) is 6.86. The molecular weight excluding hydrogens is 647 g/mol. The van der Waals surface area contributed by atoms with Crippen molar-refractivity contribution in [3.05, 3.63) is 164 Å². The molecule has 50 heavy (non-hydrogen) atoms. The van der Waals surface area contributed by atoms with Gasteiger partial charge in [-0.1, -0.05) is 127 Å². The van der Waals surface area contributed by atoms with Crippen LogP contribution in [-0.2, 0) is 0 Å². The van der Waals surface area contributed by atoms with E-state index in [1.54, 1.807) is 0 Å². The number of benzene rings is 7. The predicted molar refractivity (Wildman–Crippen MR) is 213 cm³/mol. The summed E-state index contributed by atoms with van der Waals surface area (Å²) in [6.45, 7) is 0. The molecule has 3 nitrogen and oxygen atoms in total. The van der Waals surface area contributed by atoms with Gasteiger partial charge in [-0.25, -0.2) is 15.0 Å². The number of rotatable bonds is 5. The number of thiophene rings is 2. The largest absolute Gasteiger partial charge is 0.208 e. The summed E-state index contributed by atoms with van der Waals surface area (Å²) < 4.78 is 5.15. The number of fused-ring (bicyclic) bond motifs is 6. The van der Waals surface area contributed by atoms with Crippen LogP contribution in [-0.4, -0.2) is 15.0 Å². The lowest BCUT2D eigenvalue weighted by atomic mass is 9.92. The molecule has 0 aliphatic rings. The van der Waals surface area contributed by atoms with Crippen molar-refractivity contribution in [3.63, 3.8) is 0 Å². The molecule has 10 rings (SSSR count). The zero-order valence-electron chi connectivity index (χ0n) is 26.7. The molecule has 3 heterocycles. The smallest absolute Gasteiger partial charge is 0.164 e. The van der Waals surface area contributed by atoms with Crippen molar-refractivity contribution in [2.75, 3.05) is 0 Å². The Morgan fingerprint density at radius 2 is 0.840 bits per heavy atom. The van der Waals surface area contributed by atoms with E-state index >= 15 is 0 Å². The van der Waals surface area contributed by atoms with Crippen LogP contribution in [0.5, 0.6) is 0 Å². The van der Waals surface area contributed by atoms with E-state index in [1.165, 1.54) is 51.5 Å². The molecule has 0 bridgehead atoms. The Bertz CT molecular complexity index is 2810. The van der Waals surface area contributed by atoms with Crippen molar-refractivity contribution >= 4 is 63.0 Å². The molecule has 0 radical (unpaired) electrons. The predicted octanol–water partition coefficient (Wildman–Crippen LogP) is 12.9. The van der Waals surface area contributed by atoms with Gasteiger partial charge in [0.1, 0.15) is 0 Å². The van der Waals surface area contributed by atoms with Crippen LogP contribution in [0.1, 0.15) is 0 Å². The molecule has 0 fully saturated rings. The lowest BCUT2D eigenvalue weighted by Crippen LogP contribution is -2.01. The molecule has 0 aliphatic carbocycles. The van der Waals surface area contributed by atoms with Crippen LogP contribution >= 0.6 is 22.7 Å².